The van der Waals surface area contributed by atoms with E-state index < -0.39 is 5.97 Å². The van der Waals surface area contributed by atoms with Crippen LogP contribution in [0, 0.1) is 20.8 Å². The number of hydrogen-bond donors (Lipinski definition) is 2. The molecule has 7 nitrogen and oxygen atoms in total. The summed E-state index contributed by atoms with van der Waals surface area (Å²) in [6.45, 7) is 5.60. The Morgan fingerprint density at radius 2 is 2.00 bits per heavy atom. The van der Waals surface area contributed by atoms with Crippen LogP contribution >= 0.6 is 11.8 Å². The number of benzene rings is 1. The molecule has 0 unspecified atom stereocenters. The first-order valence-corrected chi connectivity index (χ1v) is 9.83. The van der Waals surface area contributed by atoms with Gasteiger partial charge in [-0.15, -0.1) is 11.8 Å². The summed E-state index contributed by atoms with van der Waals surface area (Å²) in [5.74, 6) is 0.900. The first-order chi connectivity index (χ1) is 13.3. The normalized spacial score (nSPS) is 10.8. The Morgan fingerprint density at radius 1 is 1.21 bits per heavy atom. The monoisotopic (exact) mass is 399 g/mol. The molecule has 2 N–H and O–H groups in total. The number of carboxylic acid groups (broad SMARTS) is 1. The minimum atomic E-state index is -0.841. The van der Waals surface area contributed by atoms with Crippen LogP contribution in [0.3, 0.4) is 0 Å². The summed E-state index contributed by atoms with van der Waals surface area (Å²) in [4.78, 5) is 23.4. The molecule has 3 aromatic rings. The predicted octanol–water partition coefficient (Wildman–Crippen LogP) is 3.96. The van der Waals surface area contributed by atoms with Crippen LogP contribution in [0.5, 0.6) is 0 Å². The fraction of sp³-hybridized carbons (Fsp3) is 0.250. The van der Waals surface area contributed by atoms with Gasteiger partial charge in [-0.1, -0.05) is 17.3 Å². The molecule has 0 atom stereocenters. The van der Waals surface area contributed by atoms with Gasteiger partial charge in [0, 0.05) is 28.9 Å². The zero-order valence-electron chi connectivity index (χ0n) is 15.9. The van der Waals surface area contributed by atoms with E-state index in [1.165, 1.54) is 11.8 Å². The highest BCUT2D eigenvalue weighted by Crippen LogP contribution is 2.22. The van der Waals surface area contributed by atoms with Gasteiger partial charge in [0.1, 0.15) is 5.76 Å². The van der Waals surface area contributed by atoms with E-state index >= 15 is 0 Å². The largest absolute Gasteiger partial charge is 0.481 e. The summed E-state index contributed by atoms with van der Waals surface area (Å²) >= 11 is 1.31. The first kappa shape index (κ1) is 19.8. The average molecular weight is 399 g/mol. The lowest BCUT2D eigenvalue weighted by Gasteiger charge is -2.08. The standard InChI is InChI=1S/C20H21N3O4S/c1-12-7-17(14(3)23(12)18-8-13(2)27-22-18)20(26)21-16-6-4-5-15(9-16)10-28-11-19(24)25/h4-9H,10-11H2,1-3H3,(H,21,26)(H,24,25). The molecule has 0 fully saturated rings. The first-order valence-electron chi connectivity index (χ1n) is 8.67. The fourth-order valence-corrected chi connectivity index (χ4v) is 3.69. The van der Waals surface area contributed by atoms with Crippen LogP contribution in [0.2, 0.25) is 0 Å². The Labute approximate surface area is 166 Å². The maximum atomic E-state index is 12.8. The van der Waals surface area contributed by atoms with Gasteiger partial charge >= 0.3 is 5.97 Å². The molecule has 0 bridgehead atoms. The van der Waals surface area contributed by atoms with Crippen molar-refractivity contribution in [3.8, 4) is 5.82 Å². The van der Waals surface area contributed by atoms with E-state index in [0.29, 0.717) is 28.6 Å². The number of thioether (sulfide) groups is 1. The van der Waals surface area contributed by atoms with Gasteiger partial charge < -0.3 is 14.9 Å². The topological polar surface area (TPSA) is 97.4 Å². The van der Waals surface area contributed by atoms with E-state index in [1.54, 1.807) is 0 Å². The number of aliphatic carboxylic acids is 1. The molecular weight excluding hydrogens is 378 g/mol. The van der Waals surface area contributed by atoms with Crippen molar-refractivity contribution in [2.24, 2.45) is 0 Å². The van der Waals surface area contributed by atoms with Crippen molar-refractivity contribution in [1.29, 1.82) is 0 Å². The molecule has 0 saturated heterocycles. The number of rotatable bonds is 7. The molecule has 1 amide bonds. The Balaban J connectivity index is 1.76. The Morgan fingerprint density at radius 3 is 2.68 bits per heavy atom. The van der Waals surface area contributed by atoms with Crippen molar-refractivity contribution < 1.29 is 19.2 Å². The number of amides is 1. The third-order valence-electron chi connectivity index (χ3n) is 4.20. The zero-order chi connectivity index (χ0) is 20.3. The molecule has 3 rings (SSSR count). The number of carbonyl (C=O) groups excluding carboxylic acids is 1. The quantitative estimate of drug-likeness (QED) is 0.624. The van der Waals surface area contributed by atoms with Gasteiger partial charge in [0.15, 0.2) is 5.82 Å². The second kappa shape index (κ2) is 8.35. The lowest BCUT2D eigenvalue weighted by molar-refractivity contribution is -0.133. The summed E-state index contributed by atoms with van der Waals surface area (Å²) < 4.78 is 7.02. The van der Waals surface area contributed by atoms with Crippen LogP contribution in [0.25, 0.3) is 5.82 Å². The number of hydrogen-bond acceptors (Lipinski definition) is 5. The van der Waals surface area contributed by atoms with E-state index in [2.05, 4.69) is 10.5 Å². The van der Waals surface area contributed by atoms with Crippen LogP contribution in [0.1, 0.15) is 33.1 Å². The summed E-state index contributed by atoms with van der Waals surface area (Å²) in [5.41, 5.74) is 3.84. The summed E-state index contributed by atoms with van der Waals surface area (Å²) in [5, 5.41) is 15.7. The van der Waals surface area contributed by atoms with E-state index in [-0.39, 0.29) is 11.7 Å². The van der Waals surface area contributed by atoms with Crippen molar-refractivity contribution in [1.82, 2.24) is 9.72 Å². The van der Waals surface area contributed by atoms with Crippen LogP contribution in [0.15, 0.2) is 40.9 Å². The highest BCUT2D eigenvalue weighted by Gasteiger charge is 2.18. The SMILES string of the molecule is Cc1cc(-n2c(C)cc(C(=O)Nc3cccc(CSCC(=O)O)c3)c2C)no1. The maximum absolute atomic E-state index is 12.8. The van der Waals surface area contributed by atoms with Crippen molar-refractivity contribution in [3.63, 3.8) is 0 Å². The number of nitrogens with one attached hydrogen (secondary N) is 1. The van der Waals surface area contributed by atoms with Gasteiger partial charge in [-0.25, -0.2) is 0 Å². The average Bonchev–Trinajstić information content (AvgIpc) is 3.17. The van der Waals surface area contributed by atoms with Gasteiger partial charge in [0.2, 0.25) is 0 Å². The second-order valence-electron chi connectivity index (χ2n) is 6.46. The Kier molecular flexibility index (Phi) is 5.89. The molecule has 0 spiro atoms. The molecule has 0 radical (unpaired) electrons. The molecule has 1 aromatic carbocycles. The smallest absolute Gasteiger partial charge is 0.313 e. The number of nitrogens with zero attached hydrogens (tertiary/aromatic N) is 2. The zero-order valence-corrected chi connectivity index (χ0v) is 16.7. The van der Waals surface area contributed by atoms with Crippen LogP contribution in [-0.4, -0.2) is 32.5 Å². The summed E-state index contributed by atoms with van der Waals surface area (Å²) in [6.07, 6.45) is 0. The lowest BCUT2D eigenvalue weighted by Crippen LogP contribution is -2.13. The third-order valence-corrected chi connectivity index (χ3v) is 5.19. The highest BCUT2D eigenvalue weighted by molar-refractivity contribution is 7.99. The van der Waals surface area contributed by atoms with Gasteiger partial charge in [0.05, 0.1) is 11.3 Å². The van der Waals surface area contributed by atoms with Gasteiger partial charge in [-0.3, -0.25) is 14.2 Å². The number of carboxylic acids is 1. The van der Waals surface area contributed by atoms with Crippen molar-refractivity contribution in [2.75, 3.05) is 11.1 Å². The molecule has 146 valence electrons. The van der Waals surface area contributed by atoms with E-state index in [9.17, 15) is 9.59 Å². The van der Waals surface area contributed by atoms with Crippen molar-refractivity contribution >= 4 is 29.3 Å². The molecule has 0 saturated carbocycles. The Hall–Kier alpha value is -3.00. The minimum Gasteiger partial charge on any atom is -0.481 e. The third kappa shape index (κ3) is 4.45. The molecular formula is C20H21N3O4S. The van der Waals surface area contributed by atoms with E-state index in [0.717, 1.165) is 17.0 Å². The Bertz CT molecular complexity index is 1020. The maximum Gasteiger partial charge on any atom is 0.313 e. The van der Waals surface area contributed by atoms with Crippen molar-refractivity contribution in [3.05, 3.63) is 64.7 Å². The van der Waals surface area contributed by atoms with Crippen LogP contribution < -0.4 is 5.32 Å². The van der Waals surface area contributed by atoms with Crippen LogP contribution in [0.4, 0.5) is 5.69 Å². The predicted molar refractivity (Wildman–Crippen MR) is 108 cm³/mol. The van der Waals surface area contributed by atoms with Gasteiger partial charge in [-0.05, 0) is 44.5 Å². The molecule has 0 aliphatic rings. The highest BCUT2D eigenvalue weighted by atomic mass is 32.2. The molecule has 0 aliphatic carbocycles. The van der Waals surface area contributed by atoms with E-state index in [1.807, 2.05) is 61.7 Å². The summed E-state index contributed by atoms with van der Waals surface area (Å²) in [6, 6.07) is 11.1. The van der Waals surface area contributed by atoms with Crippen molar-refractivity contribution in [2.45, 2.75) is 26.5 Å². The van der Waals surface area contributed by atoms with Crippen LogP contribution in [-0.2, 0) is 10.5 Å². The second-order valence-corrected chi connectivity index (χ2v) is 7.44. The number of carbonyl (C=O) groups is 2. The molecule has 8 heteroatoms. The number of aromatic nitrogens is 2. The number of aryl methyl sites for hydroxylation is 2. The molecule has 2 heterocycles. The van der Waals surface area contributed by atoms with Gasteiger partial charge in [-0.2, -0.15) is 0 Å². The molecule has 2 aromatic heterocycles. The molecule has 28 heavy (non-hydrogen) atoms. The summed E-state index contributed by atoms with van der Waals surface area (Å²) in [7, 11) is 0. The fourth-order valence-electron chi connectivity index (χ4n) is 3.00. The van der Waals surface area contributed by atoms with E-state index in [4.69, 9.17) is 9.63 Å². The minimum absolute atomic E-state index is 0.0457. The molecule has 0 aliphatic heterocycles. The lowest BCUT2D eigenvalue weighted by atomic mass is 10.2. The number of anilines is 1. The van der Waals surface area contributed by atoms with Gasteiger partial charge in [0.25, 0.3) is 5.91 Å².